The van der Waals surface area contributed by atoms with Gasteiger partial charge in [0.05, 0.1) is 30.6 Å². The summed E-state index contributed by atoms with van der Waals surface area (Å²) in [6.07, 6.45) is 7.20. The molecule has 2 aliphatic rings. The van der Waals surface area contributed by atoms with E-state index in [1.807, 2.05) is 24.1 Å². The highest BCUT2D eigenvalue weighted by Crippen LogP contribution is 2.39. The molecule has 1 saturated heterocycles. The van der Waals surface area contributed by atoms with Crippen LogP contribution in [0.3, 0.4) is 0 Å². The lowest BCUT2D eigenvalue weighted by atomic mass is 10.0. The largest absolute Gasteiger partial charge is 0.495 e. The first-order chi connectivity index (χ1) is 14.6. The molecule has 9 heteroatoms. The van der Waals surface area contributed by atoms with E-state index >= 15 is 0 Å². The average molecular weight is 407 g/mol. The van der Waals surface area contributed by atoms with Crippen LogP contribution in [0, 0.1) is 18.8 Å². The Labute approximate surface area is 174 Å². The second kappa shape index (κ2) is 7.47. The number of hydrogen-bond acceptors (Lipinski definition) is 6. The molecule has 1 aliphatic carbocycles. The van der Waals surface area contributed by atoms with Crippen LogP contribution < -0.4 is 15.4 Å². The highest BCUT2D eigenvalue weighted by Gasteiger charge is 2.42. The third kappa shape index (κ3) is 3.51. The van der Waals surface area contributed by atoms with Crippen LogP contribution in [0.15, 0.2) is 30.7 Å². The number of carbonyl (C=O) groups excluding carboxylic acids is 1. The van der Waals surface area contributed by atoms with Crippen LogP contribution in [0.5, 0.6) is 5.75 Å². The van der Waals surface area contributed by atoms with Gasteiger partial charge in [-0.1, -0.05) is 0 Å². The minimum atomic E-state index is -0.0792. The van der Waals surface area contributed by atoms with E-state index in [2.05, 4.69) is 30.6 Å². The van der Waals surface area contributed by atoms with Crippen molar-refractivity contribution in [1.82, 2.24) is 24.8 Å². The van der Waals surface area contributed by atoms with Crippen molar-refractivity contribution in [2.24, 2.45) is 11.8 Å². The Morgan fingerprint density at radius 3 is 2.80 bits per heavy atom. The molecule has 2 amide bonds. The van der Waals surface area contributed by atoms with E-state index in [0.29, 0.717) is 29.3 Å². The third-order valence-electron chi connectivity index (χ3n) is 6.11. The zero-order valence-electron chi connectivity index (χ0n) is 17.1. The summed E-state index contributed by atoms with van der Waals surface area (Å²) in [6.45, 7) is 3.45. The molecule has 0 radical (unpaired) electrons. The number of aromatic nitrogens is 4. The molecule has 30 heavy (non-hydrogen) atoms. The molecule has 3 atom stereocenters. The lowest BCUT2D eigenvalue weighted by Gasteiger charge is -2.21. The summed E-state index contributed by atoms with van der Waals surface area (Å²) in [7, 11) is 1.58. The van der Waals surface area contributed by atoms with Crippen molar-refractivity contribution < 1.29 is 9.53 Å². The van der Waals surface area contributed by atoms with Crippen LogP contribution in [0.4, 0.5) is 16.3 Å². The van der Waals surface area contributed by atoms with Gasteiger partial charge in [0, 0.05) is 31.4 Å². The molecular weight excluding hydrogens is 382 g/mol. The minimum absolute atomic E-state index is 0.0792. The van der Waals surface area contributed by atoms with Crippen LogP contribution in [-0.4, -0.2) is 57.1 Å². The summed E-state index contributed by atoms with van der Waals surface area (Å²) in [4.78, 5) is 30.9. The number of ether oxygens (including phenoxy) is 1. The second-order valence-electron chi connectivity index (χ2n) is 8.14. The van der Waals surface area contributed by atoms with E-state index in [1.54, 1.807) is 25.6 Å². The molecule has 156 valence electrons. The molecule has 3 aromatic rings. The van der Waals surface area contributed by atoms with Crippen molar-refractivity contribution in [2.45, 2.75) is 25.8 Å². The van der Waals surface area contributed by atoms with Gasteiger partial charge in [-0.15, -0.1) is 0 Å². The molecule has 0 bridgehead atoms. The molecule has 5 rings (SSSR count). The molecule has 0 unspecified atom stereocenters. The van der Waals surface area contributed by atoms with Gasteiger partial charge in [-0.25, -0.2) is 14.8 Å². The number of fused-ring (bicyclic) bond motifs is 2. The number of H-pyrrole nitrogens is 1. The molecule has 0 aromatic carbocycles. The highest BCUT2D eigenvalue weighted by molar-refractivity contribution is 5.89. The van der Waals surface area contributed by atoms with Crippen LogP contribution in [-0.2, 0) is 0 Å². The molecule has 9 nitrogen and oxygen atoms in total. The first-order valence-electron chi connectivity index (χ1n) is 10.2. The Kier molecular flexibility index (Phi) is 4.65. The van der Waals surface area contributed by atoms with Gasteiger partial charge in [0.1, 0.15) is 23.0 Å². The lowest BCUT2D eigenvalue weighted by molar-refractivity contribution is 0.218. The summed E-state index contributed by atoms with van der Waals surface area (Å²) >= 11 is 0. The average Bonchev–Trinajstić information content (AvgIpc) is 3.42. The number of nitrogens with zero attached hydrogens (tertiary/aromatic N) is 4. The van der Waals surface area contributed by atoms with E-state index in [-0.39, 0.29) is 6.03 Å². The number of urea groups is 1. The summed E-state index contributed by atoms with van der Waals surface area (Å²) < 4.78 is 5.17. The number of nitrogens with one attached hydrogen (secondary N) is 3. The molecule has 3 aromatic heterocycles. The summed E-state index contributed by atoms with van der Waals surface area (Å²) in [5.74, 6) is 3.27. The first kappa shape index (κ1) is 18.7. The predicted molar refractivity (Wildman–Crippen MR) is 114 cm³/mol. The highest BCUT2D eigenvalue weighted by atomic mass is 16.5. The van der Waals surface area contributed by atoms with Crippen LogP contribution in [0.25, 0.3) is 11.0 Å². The van der Waals surface area contributed by atoms with Crippen LogP contribution in [0.1, 0.15) is 18.7 Å². The van der Waals surface area contributed by atoms with Gasteiger partial charge in [-0.2, -0.15) is 0 Å². The molecule has 1 saturated carbocycles. The number of hydrogen-bond donors (Lipinski definition) is 3. The maximum atomic E-state index is 12.7. The van der Waals surface area contributed by atoms with Gasteiger partial charge in [-0.3, -0.25) is 4.98 Å². The number of carbonyl (C=O) groups is 1. The first-order valence-corrected chi connectivity index (χ1v) is 10.2. The quantitative estimate of drug-likeness (QED) is 0.614. The Balaban J connectivity index is 1.20. The number of aryl methyl sites for hydroxylation is 1. The number of amides is 2. The Morgan fingerprint density at radius 1 is 1.23 bits per heavy atom. The van der Waals surface area contributed by atoms with Gasteiger partial charge in [-0.05, 0) is 37.7 Å². The SMILES string of the molecule is COc1cncc(NC(=O)N2C[C@H]3C[C@@H](Nc4nc(C)nc5[nH]ccc45)C[C@H]3C2)c1. The zero-order chi connectivity index (χ0) is 20.7. The second-order valence-corrected chi connectivity index (χ2v) is 8.14. The Morgan fingerprint density at radius 2 is 2.03 bits per heavy atom. The normalized spacial score (nSPS) is 22.9. The fraction of sp³-hybridized carbons (Fsp3) is 0.429. The van der Waals surface area contributed by atoms with E-state index < -0.39 is 0 Å². The Bertz CT molecular complexity index is 1070. The van der Waals surface area contributed by atoms with Gasteiger partial charge in [0.25, 0.3) is 0 Å². The fourth-order valence-electron chi connectivity index (χ4n) is 4.74. The Hall–Kier alpha value is -3.36. The van der Waals surface area contributed by atoms with Gasteiger partial charge in [0.15, 0.2) is 0 Å². The molecular formula is C21H25N7O2. The van der Waals surface area contributed by atoms with Crippen LogP contribution in [0.2, 0.25) is 0 Å². The zero-order valence-corrected chi connectivity index (χ0v) is 17.1. The molecule has 4 heterocycles. The van der Waals surface area contributed by atoms with Crippen molar-refractivity contribution >= 4 is 28.6 Å². The third-order valence-corrected chi connectivity index (χ3v) is 6.11. The van der Waals surface area contributed by atoms with Gasteiger partial charge >= 0.3 is 6.03 Å². The van der Waals surface area contributed by atoms with E-state index in [0.717, 1.165) is 48.6 Å². The minimum Gasteiger partial charge on any atom is -0.495 e. The van der Waals surface area contributed by atoms with Crippen molar-refractivity contribution in [2.75, 3.05) is 30.8 Å². The molecule has 1 aliphatic heterocycles. The van der Waals surface area contributed by atoms with E-state index in [1.165, 1.54) is 0 Å². The monoisotopic (exact) mass is 407 g/mol. The fourth-order valence-corrected chi connectivity index (χ4v) is 4.74. The van der Waals surface area contributed by atoms with Crippen molar-refractivity contribution in [3.05, 3.63) is 36.5 Å². The summed E-state index contributed by atoms with van der Waals surface area (Å²) in [5.41, 5.74) is 1.50. The van der Waals surface area contributed by atoms with Crippen molar-refractivity contribution in [3.63, 3.8) is 0 Å². The van der Waals surface area contributed by atoms with Gasteiger partial charge < -0.3 is 25.3 Å². The lowest BCUT2D eigenvalue weighted by Crippen LogP contribution is -2.34. The maximum absolute atomic E-state index is 12.7. The van der Waals surface area contributed by atoms with Crippen molar-refractivity contribution in [3.8, 4) is 5.75 Å². The van der Waals surface area contributed by atoms with E-state index in [4.69, 9.17) is 4.74 Å². The maximum Gasteiger partial charge on any atom is 0.321 e. The summed E-state index contributed by atoms with van der Waals surface area (Å²) in [6, 6.07) is 4.06. The number of rotatable bonds is 4. The number of anilines is 2. The standard InChI is InChI=1S/C21H25N7O2/c1-12-24-19-18(3-4-23-19)20(25-12)26-15-5-13-10-28(11-14(13)6-15)21(29)27-16-7-17(30-2)9-22-8-16/h3-4,7-9,13-15H,5-6,10-11H2,1-2H3,(H,27,29)(H2,23,24,25,26)/t13-,14+,15-. The van der Waals surface area contributed by atoms with E-state index in [9.17, 15) is 4.79 Å². The number of pyridine rings is 1. The number of methoxy groups -OCH3 is 1. The van der Waals surface area contributed by atoms with Crippen molar-refractivity contribution in [1.29, 1.82) is 0 Å². The van der Waals surface area contributed by atoms with Crippen LogP contribution >= 0.6 is 0 Å². The molecule has 2 fully saturated rings. The summed E-state index contributed by atoms with van der Waals surface area (Å²) in [5, 5.41) is 7.57. The number of likely N-dealkylation sites (tertiary alicyclic amines) is 1. The molecule has 3 N–H and O–H groups in total. The molecule has 0 spiro atoms. The predicted octanol–water partition coefficient (Wildman–Crippen LogP) is 3.02. The topological polar surface area (TPSA) is 108 Å². The smallest absolute Gasteiger partial charge is 0.321 e. The van der Waals surface area contributed by atoms with Gasteiger partial charge in [0.2, 0.25) is 0 Å². The number of aromatic amines is 1.